The van der Waals surface area contributed by atoms with Crippen LogP contribution in [0.1, 0.15) is 106 Å². The van der Waals surface area contributed by atoms with E-state index in [1.165, 1.54) is 44.9 Å². The van der Waals surface area contributed by atoms with Crippen molar-refractivity contribution in [2.45, 2.75) is 117 Å². The number of ether oxygens (including phenoxy) is 1. The molecule has 0 amide bonds. The molecule has 0 heterocycles. The highest BCUT2D eigenvalue weighted by atomic mass is 16.6. The second-order valence-electron chi connectivity index (χ2n) is 9.42. The monoisotopic (exact) mass is 385 g/mol. The van der Waals surface area contributed by atoms with E-state index in [9.17, 15) is 9.90 Å². The molecule has 0 aliphatic rings. The number of carbonyl (C=O) groups excluding carboxylic acids is 1. The highest BCUT2D eigenvalue weighted by Gasteiger charge is 2.50. The Morgan fingerprint density at radius 1 is 0.963 bits per heavy atom. The molecule has 0 aromatic rings. The number of hydrogen-bond acceptors (Lipinski definition) is 4. The van der Waals surface area contributed by atoms with Crippen molar-refractivity contribution in [1.82, 2.24) is 4.90 Å². The molecule has 162 valence electrons. The Bertz CT molecular complexity index is 401. The summed E-state index contributed by atoms with van der Waals surface area (Å²) in [6.45, 7) is 11.8. The van der Waals surface area contributed by atoms with Crippen LogP contribution in [0.2, 0.25) is 0 Å². The first-order chi connectivity index (χ1) is 12.5. The first-order valence-corrected chi connectivity index (χ1v) is 11.1. The van der Waals surface area contributed by atoms with Crippen molar-refractivity contribution in [2.24, 2.45) is 11.8 Å². The predicted molar refractivity (Wildman–Crippen MR) is 115 cm³/mol. The molecule has 0 saturated heterocycles. The van der Waals surface area contributed by atoms with Crippen LogP contribution in [0.5, 0.6) is 0 Å². The van der Waals surface area contributed by atoms with E-state index in [0.29, 0.717) is 12.3 Å². The third kappa shape index (κ3) is 9.43. The topological polar surface area (TPSA) is 49.8 Å². The van der Waals surface area contributed by atoms with Crippen LogP contribution < -0.4 is 0 Å². The minimum absolute atomic E-state index is 0.140. The summed E-state index contributed by atoms with van der Waals surface area (Å²) < 4.78 is 6.00. The molecule has 1 N–H and O–H groups in total. The van der Waals surface area contributed by atoms with Gasteiger partial charge >= 0.3 is 5.97 Å². The Morgan fingerprint density at radius 3 is 1.85 bits per heavy atom. The quantitative estimate of drug-likeness (QED) is 0.221. The number of likely N-dealkylation sites (N-methyl/N-ethyl adjacent to an activating group) is 1. The summed E-state index contributed by atoms with van der Waals surface area (Å²) in [5.74, 6) is -0.0389. The van der Waals surface area contributed by atoms with Gasteiger partial charge in [0.05, 0.1) is 5.92 Å². The van der Waals surface area contributed by atoms with Gasteiger partial charge in [0, 0.05) is 6.42 Å². The number of esters is 1. The number of unbranched alkanes of at least 4 members (excludes halogenated alkanes) is 7. The predicted octanol–water partition coefficient (Wildman–Crippen LogP) is 5.77. The number of nitrogens with zero attached hydrogens (tertiary/aromatic N) is 1. The van der Waals surface area contributed by atoms with Gasteiger partial charge in [0.25, 0.3) is 0 Å². The molecule has 0 aliphatic carbocycles. The zero-order chi connectivity index (χ0) is 21.1. The molecule has 0 aromatic heterocycles. The van der Waals surface area contributed by atoms with Gasteiger partial charge in [-0.1, -0.05) is 79.1 Å². The lowest BCUT2D eigenvalue weighted by Crippen LogP contribution is -2.63. The summed E-state index contributed by atoms with van der Waals surface area (Å²) in [4.78, 5) is 14.6. The first-order valence-electron chi connectivity index (χ1n) is 11.1. The highest BCUT2D eigenvalue weighted by molar-refractivity contribution is 5.72. The number of aliphatic hydroxyl groups is 1. The zero-order valence-electron chi connectivity index (χ0n) is 19.4. The van der Waals surface area contributed by atoms with Crippen molar-refractivity contribution in [3.63, 3.8) is 0 Å². The van der Waals surface area contributed by atoms with Gasteiger partial charge in [0.15, 0.2) is 5.72 Å². The Labute approximate surface area is 169 Å². The second-order valence-corrected chi connectivity index (χ2v) is 9.42. The standard InChI is InChI=1S/C23H47NO3/c1-9-10-11-12-13-14-15-16-17-20(4)21(25)27-23(24(7)8,18-19(2)3)22(5,6)26/h19-20,26H,9-18H2,1-8H3. The van der Waals surface area contributed by atoms with E-state index in [1.54, 1.807) is 13.8 Å². The van der Waals surface area contributed by atoms with E-state index in [4.69, 9.17) is 4.74 Å². The minimum Gasteiger partial charge on any atom is -0.440 e. The molecule has 2 atom stereocenters. The van der Waals surface area contributed by atoms with Gasteiger partial charge in [0.2, 0.25) is 0 Å². The number of carbonyl (C=O) groups is 1. The zero-order valence-corrected chi connectivity index (χ0v) is 19.4. The molecular weight excluding hydrogens is 338 g/mol. The molecule has 0 bridgehead atoms. The van der Waals surface area contributed by atoms with Crippen molar-refractivity contribution in [1.29, 1.82) is 0 Å². The average molecular weight is 386 g/mol. The lowest BCUT2D eigenvalue weighted by Gasteiger charge is -2.48. The smallest absolute Gasteiger partial charge is 0.310 e. The van der Waals surface area contributed by atoms with E-state index in [2.05, 4.69) is 20.8 Å². The summed E-state index contributed by atoms with van der Waals surface area (Å²) in [5, 5.41) is 10.8. The van der Waals surface area contributed by atoms with Crippen LogP contribution in [0, 0.1) is 11.8 Å². The lowest BCUT2D eigenvalue weighted by atomic mass is 9.85. The molecule has 0 saturated carbocycles. The van der Waals surface area contributed by atoms with E-state index < -0.39 is 11.3 Å². The molecule has 27 heavy (non-hydrogen) atoms. The molecular formula is C23H47NO3. The van der Waals surface area contributed by atoms with Gasteiger partial charge in [-0.2, -0.15) is 0 Å². The van der Waals surface area contributed by atoms with Crippen LogP contribution in [0.15, 0.2) is 0 Å². The molecule has 0 rings (SSSR count). The first kappa shape index (κ1) is 26.4. The molecule has 2 unspecified atom stereocenters. The second kappa shape index (κ2) is 12.8. The summed E-state index contributed by atoms with van der Waals surface area (Å²) >= 11 is 0. The van der Waals surface area contributed by atoms with E-state index >= 15 is 0 Å². The van der Waals surface area contributed by atoms with Gasteiger partial charge in [-0.25, -0.2) is 0 Å². The molecule has 4 nitrogen and oxygen atoms in total. The van der Waals surface area contributed by atoms with Crippen LogP contribution >= 0.6 is 0 Å². The molecule has 0 radical (unpaired) electrons. The maximum absolute atomic E-state index is 12.8. The highest BCUT2D eigenvalue weighted by Crippen LogP contribution is 2.35. The van der Waals surface area contributed by atoms with E-state index in [-0.39, 0.29) is 11.9 Å². The van der Waals surface area contributed by atoms with Crippen molar-refractivity contribution < 1.29 is 14.6 Å². The average Bonchev–Trinajstić information content (AvgIpc) is 2.54. The lowest BCUT2D eigenvalue weighted by molar-refractivity contribution is -0.241. The SMILES string of the molecule is CCCCCCCCCCC(C)C(=O)OC(CC(C)C)(N(C)C)C(C)(C)O. The maximum Gasteiger partial charge on any atom is 0.310 e. The van der Waals surface area contributed by atoms with Crippen LogP contribution in [0.4, 0.5) is 0 Å². The third-order valence-electron chi connectivity index (χ3n) is 5.53. The Hall–Kier alpha value is -0.610. The molecule has 4 heteroatoms. The maximum atomic E-state index is 12.8. The van der Waals surface area contributed by atoms with Crippen LogP contribution in [0.3, 0.4) is 0 Å². The fourth-order valence-electron chi connectivity index (χ4n) is 3.76. The van der Waals surface area contributed by atoms with Crippen molar-refractivity contribution in [3.05, 3.63) is 0 Å². The number of hydrogen-bond donors (Lipinski definition) is 1. The molecule has 0 aromatic carbocycles. The molecule has 0 aliphatic heterocycles. The van der Waals surface area contributed by atoms with Gasteiger partial charge in [-0.15, -0.1) is 0 Å². The fourth-order valence-corrected chi connectivity index (χ4v) is 3.76. The van der Waals surface area contributed by atoms with Gasteiger partial charge < -0.3 is 9.84 Å². The van der Waals surface area contributed by atoms with Gasteiger partial charge in [0.1, 0.15) is 5.60 Å². The van der Waals surface area contributed by atoms with Crippen LogP contribution in [-0.2, 0) is 9.53 Å². The van der Waals surface area contributed by atoms with E-state index in [0.717, 1.165) is 12.8 Å². The fraction of sp³-hybridized carbons (Fsp3) is 0.957. The summed E-state index contributed by atoms with van der Waals surface area (Å²) in [6, 6.07) is 0. The Balaban J connectivity index is 4.58. The van der Waals surface area contributed by atoms with Crippen LogP contribution in [0.25, 0.3) is 0 Å². The summed E-state index contributed by atoms with van der Waals surface area (Å²) in [5.41, 5.74) is -2.15. The third-order valence-corrected chi connectivity index (χ3v) is 5.53. The number of rotatable bonds is 15. The normalized spacial score (nSPS) is 15.8. The molecule has 0 spiro atoms. The van der Waals surface area contributed by atoms with E-state index in [1.807, 2.05) is 25.9 Å². The van der Waals surface area contributed by atoms with Crippen LogP contribution in [-0.4, -0.2) is 41.4 Å². The van der Waals surface area contributed by atoms with Gasteiger partial charge in [-0.05, 0) is 40.3 Å². The Morgan fingerprint density at radius 2 is 1.44 bits per heavy atom. The van der Waals surface area contributed by atoms with Crippen molar-refractivity contribution in [2.75, 3.05) is 14.1 Å². The minimum atomic E-state index is -1.14. The van der Waals surface area contributed by atoms with Crippen molar-refractivity contribution >= 4 is 5.97 Å². The van der Waals surface area contributed by atoms with Crippen molar-refractivity contribution in [3.8, 4) is 0 Å². The molecule has 0 fully saturated rings. The largest absolute Gasteiger partial charge is 0.440 e. The van der Waals surface area contributed by atoms with Gasteiger partial charge in [-0.3, -0.25) is 9.69 Å². The summed E-state index contributed by atoms with van der Waals surface area (Å²) in [7, 11) is 3.74. The Kier molecular flexibility index (Phi) is 12.5. The summed E-state index contributed by atoms with van der Waals surface area (Å²) in [6.07, 6.45) is 11.6.